The summed E-state index contributed by atoms with van der Waals surface area (Å²) in [7, 11) is 0. The molecule has 0 saturated carbocycles. The average Bonchev–Trinajstić information content (AvgIpc) is 2.48. The highest BCUT2D eigenvalue weighted by Gasteiger charge is 2.34. The number of rotatable bonds is 4. The van der Waals surface area contributed by atoms with Crippen LogP contribution in [0.5, 0.6) is 11.5 Å². The van der Waals surface area contributed by atoms with Crippen LogP contribution in [-0.4, -0.2) is 17.6 Å². The van der Waals surface area contributed by atoms with Gasteiger partial charge in [-0.25, -0.2) is 0 Å². The van der Waals surface area contributed by atoms with Crippen LogP contribution in [0.3, 0.4) is 0 Å². The van der Waals surface area contributed by atoms with Crippen molar-refractivity contribution in [3.05, 3.63) is 53.1 Å². The predicted molar refractivity (Wildman–Crippen MR) is 78.7 cm³/mol. The highest BCUT2D eigenvalue weighted by atomic mass is 35.5. The Hall–Kier alpha value is -2.41. The molecular weight excluding hydrogens is 335 g/mol. The third-order valence-electron chi connectivity index (χ3n) is 2.78. The summed E-state index contributed by atoms with van der Waals surface area (Å²) in [6.45, 7) is -0.654. The van der Waals surface area contributed by atoms with Gasteiger partial charge in [-0.15, -0.1) is 0 Å². The van der Waals surface area contributed by atoms with Crippen molar-refractivity contribution < 1.29 is 27.8 Å². The fourth-order valence-corrected chi connectivity index (χ4v) is 1.94. The van der Waals surface area contributed by atoms with Gasteiger partial charge in [0.15, 0.2) is 6.61 Å². The minimum absolute atomic E-state index is 0.0372. The maximum atomic E-state index is 12.8. The number of ether oxygens (including phenoxy) is 1. The lowest BCUT2D eigenvalue weighted by molar-refractivity contribution is -0.139. The lowest BCUT2D eigenvalue weighted by Crippen LogP contribution is -2.21. The van der Waals surface area contributed by atoms with Crippen LogP contribution < -0.4 is 10.1 Å². The van der Waals surface area contributed by atoms with Crippen molar-refractivity contribution in [2.75, 3.05) is 11.9 Å². The number of hydrogen-bond acceptors (Lipinski definition) is 3. The number of para-hydroxylation sites is 1. The molecule has 0 atom stereocenters. The number of carbonyl (C=O) groups is 1. The van der Waals surface area contributed by atoms with Crippen molar-refractivity contribution >= 4 is 23.2 Å². The molecule has 0 fully saturated rings. The number of halogens is 4. The molecule has 0 bridgehead atoms. The van der Waals surface area contributed by atoms with Gasteiger partial charge in [0, 0.05) is 5.02 Å². The van der Waals surface area contributed by atoms with E-state index in [1.54, 1.807) is 0 Å². The number of amides is 1. The van der Waals surface area contributed by atoms with Gasteiger partial charge >= 0.3 is 6.18 Å². The van der Waals surface area contributed by atoms with E-state index < -0.39 is 30.0 Å². The Bertz CT molecular complexity index is 719. The Morgan fingerprint density at radius 3 is 2.61 bits per heavy atom. The SMILES string of the molecule is O=C(COc1ccccc1C(F)(F)F)Nc1cc(Cl)ccc1O. The topological polar surface area (TPSA) is 58.6 Å². The predicted octanol–water partition coefficient (Wildman–Crippen LogP) is 4.08. The van der Waals surface area contributed by atoms with Crippen molar-refractivity contribution in [3.63, 3.8) is 0 Å². The van der Waals surface area contributed by atoms with Crippen LogP contribution in [0.4, 0.5) is 18.9 Å². The first kappa shape index (κ1) is 17.0. The molecule has 2 aromatic rings. The van der Waals surface area contributed by atoms with Crippen LogP contribution in [0.2, 0.25) is 5.02 Å². The maximum absolute atomic E-state index is 12.8. The van der Waals surface area contributed by atoms with Gasteiger partial charge in [0.05, 0.1) is 11.3 Å². The van der Waals surface area contributed by atoms with Crippen molar-refractivity contribution in [2.45, 2.75) is 6.18 Å². The van der Waals surface area contributed by atoms with Crippen LogP contribution in [-0.2, 0) is 11.0 Å². The molecule has 0 unspecified atom stereocenters. The molecule has 2 aromatic carbocycles. The van der Waals surface area contributed by atoms with Gasteiger partial charge < -0.3 is 15.2 Å². The third-order valence-corrected chi connectivity index (χ3v) is 3.02. The molecule has 2 N–H and O–H groups in total. The molecule has 8 heteroatoms. The summed E-state index contributed by atoms with van der Waals surface area (Å²) in [6.07, 6.45) is -4.59. The van der Waals surface area contributed by atoms with E-state index in [2.05, 4.69) is 5.32 Å². The lowest BCUT2D eigenvalue weighted by Gasteiger charge is -2.14. The molecule has 23 heavy (non-hydrogen) atoms. The monoisotopic (exact) mass is 345 g/mol. The van der Waals surface area contributed by atoms with Crippen LogP contribution >= 0.6 is 11.6 Å². The minimum Gasteiger partial charge on any atom is -0.506 e. The molecule has 0 aromatic heterocycles. The van der Waals surface area contributed by atoms with E-state index in [0.717, 1.165) is 12.1 Å². The second-order valence-corrected chi connectivity index (χ2v) is 4.93. The summed E-state index contributed by atoms with van der Waals surface area (Å²) >= 11 is 5.73. The van der Waals surface area contributed by atoms with Gasteiger partial charge in [-0.2, -0.15) is 13.2 Å². The highest BCUT2D eigenvalue weighted by Crippen LogP contribution is 2.35. The van der Waals surface area contributed by atoms with Gasteiger partial charge in [0.2, 0.25) is 0 Å². The zero-order valence-electron chi connectivity index (χ0n) is 11.5. The van der Waals surface area contributed by atoms with Crippen molar-refractivity contribution in [2.24, 2.45) is 0 Å². The number of anilines is 1. The van der Waals surface area contributed by atoms with E-state index in [4.69, 9.17) is 16.3 Å². The lowest BCUT2D eigenvalue weighted by atomic mass is 10.2. The van der Waals surface area contributed by atoms with E-state index in [0.29, 0.717) is 0 Å². The molecule has 122 valence electrons. The number of aromatic hydroxyl groups is 1. The average molecular weight is 346 g/mol. The van der Waals surface area contributed by atoms with E-state index in [-0.39, 0.29) is 16.5 Å². The number of phenolic OH excluding ortho intramolecular Hbond substituents is 1. The van der Waals surface area contributed by atoms with Gasteiger partial charge in [0.25, 0.3) is 5.91 Å². The zero-order chi connectivity index (χ0) is 17.0. The Kier molecular flexibility index (Phi) is 5.00. The number of carbonyl (C=O) groups excluding carboxylic acids is 1. The molecule has 0 aliphatic carbocycles. The quantitative estimate of drug-likeness (QED) is 0.821. The molecule has 0 saturated heterocycles. The van der Waals surface area contributed by atoms with E-state index in [1.807, 2.05) is 0 Å². The van der Waals surface area contributed by atoms with Crippen molar-refractivity contribution in [1.82, 2.24) is 0 Å². The fourth-order valence-electron chi connectivity index (χ4n) is 1.76. The van der Waals surface area contributed by atoms with Crippen molar-refractivity contribution in [3.8, 4) is 11.5 Å². The van der Waals surface area contributed by atoms with Gasteiger partial charge in [0.1, 0.15) is 11.5 Å². The Balaban J connectivity index is 2.04. The second kappa shape index (κ2) is 6.78. The summed E-state index contributed by atoms with van der Waals surface area (Å²) in [4.78, 5) is 11.7. The number of alkyl halides is 3. The summed E-state index contributed by atoms with van der Waals surface area (Å²) < 4.78 is 43.3. The Morgan fingerprint density at radius 1 is 1.22 bits per heavy atom. The molecule has 0 radical (unpaired) electrons. The van der Waals surface area contributed by atoms with Gasteiger partial charge in [-0.1, -0.05) is 23.7 Å². The summed E-state index contributed by atoms with van der Waals surface area (Å²) in [5, 5.41) is 12.1. The maximum Gasteiger partial charge on any atom is 0.419 e. The highest BCUT2D eigenvalue weighted by molar-refractivity contribution is 6.31. The molecule has 1 amide bonds. The van der Waals surface area contributed by atoms with Crippen LogP contribution in [0, 0.1) is 0 Å². The molecule has 2 rings (SSSR count). The molecule has 4 nitrogen and oxygen atoms in total. The molecule has 0 aliphatic heterocycles. The van der Waals surface area contributed by atoms with E-state index in [9.17, 15) is 23.1 Å². The molecule has 0 spiro atoms. The van der Waals surface area contributed by atoms with Crippen molar-refractivity contribution in [1.29, 1.82) is 0 Å². The first-order valence-electron chi connectivity index (χ1n) is 6.35. The minimum atomic E-state index is -4.59. The van der Waals surface area contributed by atoms with Crippen LogP contribution in [0.25, 0.3) is 0 Å². The number of nitrogens with one attached hydrogen (secondary N) is 1. The fraction of sp³-hybridized carbons (Fsp3) is 0.133. The van der Waals surface area contributed by atoms with Crippen LogP contribution in [0.15, 0.2) is 42.5 Å². The molecule has 0 aliphatic rings. The normalized spacial score (nSPS) is 11.1. The molecule has 0 heterocycles. The summed E-state index contributed by atoms with van der Waals surface area (Å²) in [6, 6.07) is 8.56. The first-order chi connectivity index (χ1) is 10.8. The number of phenols is 1. The van der Waals surface area contributed by atoms with Gasteiger partial charge in [-0.05, 0) is 30.3 Å². The Morgan fingerprint density at radius 2 is 1.91 bits per heavy atom. The first-order valence-corrected chi connectivity index (χ1v) is 6.72. The smallest absolute Gasteiger partial charge is 0.419 e. The number of hydrogen-bond donors (Lipinski definition) is 2. The second-order valence-electron chi connectivity index (χ2n) is 4.49. The summed E-state index contributed by atoms with van der Waals surface area (Å²) in [5.41, 5.74) is -0.936. The van der Waals surface area contributed by atoms with E-state index >= 15 is 0 Å². The third kappa shape index (κ3) is 4.53. The largest absolute Gasteiger partial charge is 0.506 e. The Labute approximate surface area is 134 Å². The standard InChI is InChI=1S/C15H11ClF3NO3/c16-9-5-6-12(21)11(7-9)20-14(22)8-23-13-4-2-1-3-10(13)15(17,18)19/h1-7,21H,8H2,(H,20,22). The van der Waals surface area contributed by atoms with Crippen LogP contribution in [0.1, 0.15) is 5.56 Å². The van der Waals surface area contributed by atoms with Gasteiger partial charge in [-0.3, -0.25) is 4.79 Å². The molecular formula is C15H11ClF3NO3. The van der Waals surface area contributed by atoms with E-state index in [1.165, 1.54) is 30.3 Å². The zero-order valence-corrected chi connectivity index (χ0v) is 12.3. The summed E-state index contributed by atoms with van der Waals surface area (Å²) in [5.74, 6) is -1.41. The number of benzene rings is 2.